The third-order valence-corrected chi connectivity index (χ3v) is 1.99. The maximum Gasteiger partial charge on any atom is 0.169 e. The zero-order valence-corrected chi connectivity index (χ0v) is 8.75. The molecule has 0 atom stereocenters. The lowest BCUT2D eigenvalue weighted by Crippen LogP contribution is -2.16. The van der Waals surface area contributed by atoms with Gasteiger partial charge in [0.2, 0.25) is 0 Å². The third kappa shape index (κ3) is 2.34. The van der Waals surface area contributed by atoms with E-state index in [4.69, 9.17) is 4.74 Å². The molecule has 1 aliphatic carbocycles. The fraction of sp³-hybridized carbons (Fsp3) is 0.417. The summed E-state index contributed by atoms with van der Waals surface area (Å²) in [7, 11) is 0. The molecule has 0 bridgehead atoms. The van der Waals surface area contributed by atoms with E-state index in [9.17, 15) is 4.79 Å². The second-order valence-corrected chi connectivity index (χ2v) is 2.83. The topological polar surface area (TPSA) is 26.3 Å². The number of Topliss-reactive ketones (excluding diaryl/α,β-unsaturated/α-hetero) is 1. The smallest absolute Gasteiger partial charge is 0.169 e. The van der Waals surface area contributed by atoms with Crippen molar-refractivity contribution in [2.45, 2.75) is 26.7 Å². The van der Waals surface area contributed by atoms with Crippen LogP contribution < -0.4 is 0 Å². The van der Waals surface area contributed by atoms with Crippen LogP contribution in [0.5, 0.6) is 0 Å². The molecule has 1 saturated heterocycles. The molecule has 0 radical (unpaired) electrons. The molecule has 0 spiro atoms. The van der Waals surface area contributed by atoms with Gasteiger partial charge in [-0.3, -0.25) is 4.79 Å². The summed E-state index contributed by atoms with van der Waals surface area (Å²) in [5.41, 5.74) is 0.731. The first-order valence-corrected chi connectivity index (χ1v) is 5.11. The van der Waals surface area contributed by atoms with Gasteiger partial charge in [0.15, 0.2) is 5.78 Å². The van der Waals surface area contributed by atoms with Gasteiger partial charge in [-0.2, -0.15) is 0 Å². The molecule has 2 rings (SSSR count). The molecule has 76 valence electrons. The molecular weight excluding hydrogens is 176 g/mol. The number of fused-ring (bicyclic) bond motifs is 1. The van der Waals surface area contributed by atoms with Gasteiger partial charge < -0.3 is 4.74 Å². The number of allylic oxidation sites excluding steroid dienone is 5. The number of carbonyl (C=O) groups excluding carboxylic acids is 1. The lowest BCUT2D eigenvalue weighted by atomic mass is 10.0. The van der Waals surface area contributed by atoms with Crippen LogP contribution in [0.2, 0.25) is 0 Å². The predicted octanol–water partition coefficient (Wildman–Crippen LogP) is 2.77. The van der Waals surface area contributed by atoms with Crippen LogP contribution in [0.15, 0.2) is 35.6 Å². The fourth-order valence-electron chi connectivity index (χ4n) is 1.37. The van der Waals surface area contributed by atoms with E-state index in [1.807, 2.05) is 38.2 Å². The Balaban J connectivity index is 0.000000461. The average Bonchev–Trinajstić information content (AvgIpc) is 2.47. The highest BCUT2D eigenvalue weighted by Crippen LogP contribution is 2.22. The van der Waals surface area contributed by atoms with Crippen LogP contribution in [-0.2, 0) is 9.53 Å². The Labute approximate surface area is 85.0 Å². The molecule has 2 aliphatic rings. The van der Waals surface area contributed by atoms with Crippen molar-refractivity contribution in [2.24, 2.45) is 0 Å². The second kappa shape index (κ2) is 5.43. The number of rotatable bonds is 0. The Bertz CT molecular complexity index is 295. The fourth-order valence-corrected chi connectivity index (χ4v) is 1.37. The molecule has 1 heterocycles. The van der Waals surface area contributed by atoms with Gasteiger partial charge in [0.25, 0.3) is 0 Å². The average molecular weight is 192 g/mol. The van der Waals surface area contributed by atoms with Crippen molar-refractivity contribution < 1.29 is 9.53 Å². The van der Waals surface area contributed by atoms with Crippen molar-refractivity contribution in [3.8, 4) is 0 Å². The van der Waals surface area contributed by atoms with Gasteiger partial charge >= 0.3 is 0 Å². The maximum atomic E-state index is 11.4. The first kappa shape index (κ1) is 10.8. The Morgan fingerprint density at radius 3 is 2.93 bits per heavy atom. The van der Waals surface area contributed by atoms with E-state index in [1.54, 1.807) is 0 Å². The van der Waals surface area contributed by atoms with Crippen molar-refractivity contribution in [3.63, 3.8) is 0 Å². The van der Waals surface area contributed by atoms with E-state index in [1.165, 1.54) is 0 Å². The predicted molar refractivity (Wildman–Crippen MR) is 56.8 cm³/mol. The van der Waals surface area contributed by atoms with Gasteiger partial charge in [-0.1, -0.05) is 26.0 Å². The molecule has 0 amide bonds. The summed E-state index contributed by atoms with van der Waals surface area (Å²) in [4.78, 5) is 11.4. The van der Waals surface area contributed by atoms with Crippen molar-refractivity contribution in [1.82, 2.24) is 0 Å². The van der Waals surface area contributed by atoms with Crippen molar-refractivity contribution in [3.05, 3.63) is 35.6 Å². The lowest BCUT2D eigenvalue weighted by molar-refractivity contribution is -0.117. The highest BCUT2D eigenvalue weighted by molar-refractivity contribution is 6.00. The van der Waals surface area contributed by atoms with Gasteiger partial charge in [-0.05, 0) is 18.6 Å². The van der Waals surface area contributed by atoms with Gasteiger partial charge in [-0.15, -0.1) is 0 Å². The molecule has 0 aromatic rings. The number of hydrogen-bond acceptors (Lipinski definition) is 2. The van der Waals surface area contributed by atoms with Crippen LogP contribution in [0.1, 0.15) is 26.7 Å². The van der Waals surface area contributed by atoms with Gasteiger partial charge in [0.1, 0.15) is 5.76 Å². The first-order chi connectivity index (χ1) is 6.88. The normalized spacial score (nSPS) is 19.1. The molecule has 0 aromatic carbocycles. The largest absolute Gasteiger partial charge is 0.493 e. The highest BCUT2D eigenvalue weighted by Gasteiger charge is 2.20. The van der Waals surface area contributed by atoms with Crippen LogP contribution in [0, 0.1) is 0 Å². The summed E-state index contributed by atoms with van der Waals surface area (Å²) < 4.78 is 5.36. The lowest BCUT2D eigenvalue weighted by Gasteiger charge is -2.17. The molecule has 2 nitrogen and oxygen atoms in total. The molecule has 0 N–H and O–H groups in total. The van der Waals surface area contributed by atoms with Gasteiger partial charge in [0, 0.05) is 6.42 Å². The van der Waals surface area contributed by atoms with Crippen molar-refractivity contribution in [1.29, 1.82) is 0 Å². The zero-order valence-electron chi connectivity index (χ0n) is 8.75. The maximum absolute atomic E-state index is 11.4. The first-order valence-electron chi connectivity index (χ1n) is 5.11. The molecule has 2 heteroatoms. The van der Waals surface area contributed by atoms with Crippen LogP contribution in [0.25, 0.3) is 0 Å². The molecule has 0 aromatic heterocycles. The van der Waals surface area contributed by atoms with E-state index >= 15 is 0 Å². The summed E-state index contributed by atoms with van der Waals surface area (Å²) in [6, 6.07) is 0. The third-order valence-electron chi connectivity index (χ3n) is 1.99. The van der Waals surface area contributed by atoms with Crippen molar-refractivity contribution >= 4 is 5.78 Å². The Morgan fingerprint density at radius 2 is 2.14 bits per heavy atom. The summed E-state index contributed by atoms with van der Waals surface area (Å²) in [5.74, 6) is 0.954. The highest BCUT2D eigenvalue weighted by atomic mass is 16.5. The Kier molecular flexibility index (Phi) is 4.17. The number of carbonyl (C=O) groups is 1. The minimum Gasteiger partial charge on any atom is -0.493 e. The molecular formula is C12H16O2. The summed E-state index contributed by atoms with van der Waals surface area (Å²) in [6.45, 7) is 4.53. The molecule has 1 fully saturated rings. The Hall–Kier alpha value is -1.31. The Morgan fingerprint density at radius 1 is 1.36 bits per heavy atom. The number of hydrogen-bond donors (Lipinski definition) is 0. The summed E-state index contributed by atoms with van der Waals surface area (Å²) in [6.07, 6.45) is 9.06. The van der Waals surface area contributed by atoms with Crippen LogP contribution in [0.4, 0.5) is 0 Å². The van der Waals surface area contributed by atoms with Crippen LogP contribution in [0.3, 0.4) is 0 Å². The van der Waals surface area contributed by atoms with Gasteiger partial charge in [0.05, 0.1) is 12.2 Å². The van der Waals surface area contributed by atoms with E-state index in [0.29, 0.717) is 13.0 Å². The van der Waals surface area contributed by atoms with E-state index in [-0.39, 0.29) is 5.78 Å². The van der Waals surface area contributed by atoms with E-state index in [0.717, 1.165) is 17.8 Å². The minimum atomic E-state index is 0.194. The molecule has 14 heavy (non-hydrogen) atoms. The molecule has 1 aliphatic heterocycles. The van der Waals surface area contributed by atoms with Crippen molar-refractivity contribution in [2.75, 3.05) is 6.61 Å². The van der Waals surface area contributed by atoms with E-state index in [2.05, 4.69) is 0 Å². The standard InChI is InChI=1S/C10H10O2.C2H6/c11-9-6-7-12-10-5-3-1-2-4-8(9)10;1-2/h1-2,4-5H,3,6-7H2;1-2H3. The quantitative estimate of drug-likeness (QED) is 0.590. The SMILES string of the molecule is CC.O=C1CCOC2=CCC=CC=C12. The van der Waals surface area contributed by atoms with Gasteiger partial charge in [-0.25, -0.2) is 0 Å². The van der Waals surface area contributed by atoms with Crippen LogP contribution in [-0.4, -0.2) is 12.4 Å². The second-order valence-electron chi connectivity index (χ2n) is 2.83. The monoisotopic (exact) mass is 192 g/mol. The van der Waals surface area contributed by atoms with Crippen LogP contribution >= 0.6 is 0 Å². The van der Waals surface area contributed by atoms with E-state index < -0.39 is 0 Å². The number of ketones is 1. The summed E-state index contributed by atoms with van der Waals surface area (Å²) >= 11 is 0. The molecule has 0 unspecified atom stereocenters. The minimum absolute atomic E-state index is 0.194. The number of ether oxygens (including phenoxy) is 1. The zero-order chi connectivity index (χ0) is 10.4. The molecule has 0 saturated carbocycles. The summed E-state index contributed by atoms with van der Waals surface area (Å²) in [5, 5.41) is 0.